The Morgan fingerprint density at radius 2 is 1.71 bits per heavy atom. The van der Waals surface area contributed by atoms with Crippen molar-refractivity contribution in [3.05, 3.63) is 0 Å². The van der Waals surface area contributed by atoms with Gasteiger partial charge in [0, 0.05) is 0 Å². The number of likely N-dealkylation sites (N-methyl/N-ethyl adjacent to an activating group) is 1. The largest absolute Gasteiger partial charge is 0.388 e. The topological polar surface area (TPSA) is 61.4 Å². The summed E-state index contributed by atoms with van der Waals surface area (Å²) in [6.45, 7) is 8.73. The van der Waals surface area contributed by atoms with Crippen LogP contribution in [0.15, 0.2) is 0 Å². The lowest BCUT2D eigenvalue weighted by Crippen LogP contribution is -2.60. The molecule has 1 atom stereocenters. The maximum Gasteiger partial charge on any atom is 0.237 e. The van der Waals surface area contributed by atoms with Crippen LogP contribution in [0, 0.1) is 0 Å². The summed E-state index contributed by atoms with van der Waals surface area (Å²) < 4.78 is 0. The lowest BCUT2D eigenvalue weighted by atomic mass is 9.86. The molecule has 0 saturated heterocycles. The van der Waals surface area contributed by atoms with Crippen molar-refractivity contribution in [3.8, 4) is 0 Å². The van der Waals surface area contributed by atoms with Gasteiger partial charge < -0.3 is 15.7 Å². The third kappa shape index (κ3) is 3.27. The Morgan fingerprint density at radius 1 is 1.29 bits per heavy atom. The van der Waals surface area contributed by atoms with Crippen LogP contribution in [0.4, 0.5) is 0 Å². The van der Waals surface area contributed by atoms with Crippen LogP contribution in [0.1, 0.15) is 34.6 Å². The minimum Gasteiger partial charge on any atom is -0.388 e. The molecule has 0 heterocycles. The van der Waals surface area contributed by atoms with E-state index >= 15 is 0 Å². The highest BCUT2D eigenvalue weighted by Gasteiger charge is 2.36. The highest BCUT2D eigenvalue weighted by atomic mass is 16.3. The zero-order valence-electron chi connectivity index (χ0n) is 9.93. The number of carbonyl (C=O) groups excluding carboxylic acids is 1. The quantitative estimate of drug-likeness (QED) is 0.613. The first-order valence-corrected chi connectivity index (χ1v) is 4.83. The van der Waals surface area contributed by atoms with Crippen LogP contribution in [-0.4, -0.2) is 35.2 Å². The summed E-state index contributed by atoms with van der Waals surface area (Å²) in [4.78, 5) is 11.6. The van der Waals surface area contributed by atoms with Gasteiger partial charge in [-0.3, -0.25) is 4.79 Å². The zero-order chi connectivity index (χ0) is 11.6. The van der Waals surface area contributed by atoms with Gasteiger partial charge in [-0.1, -0.05) is 0 Å². The van der Waals surface area contributed by atoms with E-state index in [1.807, 2.05) is 0 Å². The van der Waals surface area contributed by atoms with Crippen molar-refractivity contribution in [1.29, 1.82) is 0 Å². The van der Waals surface area contributed by atoms with Crippen molar-refractivity contribution in [2.75, 3.05) is 7.05 Å². The molecule has 4 heteroatoms. The van der Waals surface area contributed by atoms with Crippen LogP contribution >= 0.6 is 0 Å². The molecule has 0 fully saturated rings. The first kappa shape index (κ1) is 13.4. The molecule has 0 rings (SSSR count). The molecule has 0 aromatic rings. The highest BCUT2D eigenvalue weighted by Crippen LogP contribution is 2.20. The molecule has 0 spiro atoms. The van der Waals surface area contributed by atoms with E-state index in [1.165, 1.54) is 0 Å². The predicted molar refractivity (Wildman–Crippen MR) is 57.0 cm³/mol. The molecule has 0 radical (unpaired) electrons. The molecule has 3 N–H and O–H groups in total. The summed E-state index contributed by atoms with van der Waals surface area (Å²) in [5.74, 6) is -0.111. The normalized spacial score (nSPS) is 15.1. The molecule has 0 bridgehead atoms. The van der Waals surface area contributed by atoms with E-state index in [0.29, 0.717) is 0 Å². The molecule has 0 saturated carbocycles. The second-order valence-electron chi connectivity index (χ2n) is 4.68. The van der Waals surface area contributed by atoms with E-state index in [2.05, 4.69) is 10.6 Å². The molecule has 14 heavy (non-hydrogen) atoms. The van der Waals surface area contributed by atoms with Crippen LogP contribution in [0.5, 0.6) is 0 Å². The maximum atomic E-state index is 11.6. The van der Waals surface area contributed by atoms with Crippen LogP contribution in [0.2, 0.25) is 0 Å². The van der Waals surface area contributed by atoms with Crippen molar-refractivity contribution in [1.82, 2.24) is 10.6 Å². The summed E-state index contributed by atoms with van der Waals surface area (Å²) in [5.41, 5.74) is -1.59. The minimum absolute atomic E-state index is 0.111. The number of hydrogen-bond donors (Lipinski definition) is 3. The fourth-order valence-corrected chi connectivity index (χ4v) is 0.700. The average Bonchev–Trinajstić information content (AvgIpc) is 2.00. The van der Waals surface area contributed by atoms with Crippen LogP contribution in [0.3, 0.4) is 0 Å². The molecule has 84 valence electrons. The van der Waals surface area contributed by atoms with Gasteiger partial charge in [0.1, 0.15) is 0 Å². The van der Waals surface area contributed by atoms with Gasteiger partial charge >= 0.3 is 0 Å². The van der Waals surface area contributed by atoms with E-state index < -0.39 is 11.1 Å². The second-order valence-corrected chi connectivity index (χ2v) is 4.68. The van der Waals surface area contributed by atoms with E-state index in [0.717, 1.165) is 0 Å². The molecule has 0 aliphatic rings. The summed E-state index contributed by atoms with van der Waals surface area (Å²) in [5, 5.41) is 15.5. The zero-order valence-corrected chi connectivity index (χ0v) is 9.93. The summed E-state index contributed by atoms with van der Waals surface area (Å²) in [7, 11) is 1.72. The van der Waals surface area contributed by atoms with Crippen LogP contribution < -0.4 is 10.6 Å². The third-order valence-corrected chi connectivity index (χ3v) is 2.79. The molecule has 0 aliphatic heterocycles. The lowest BCUT2D eigenvalue weighted by molar-refractivity contribution is -0.127. The van der Waals surface area contributed by atoms with Crippen LogP contribution in [-0.2, 0) is 4.79 Å². The molecular weight excluding hydrogens is 180 g/mol. The molecule has 0 aromatic carbocycles. The molecule has 1 unspecified atom stereocenters. The van der Waals surface area contributed by atoms with Crippen molar-refractivity contribution in [2.24, 2.45) is 0 Å². The molecule has 4 nitrogen and oxygen atoms in total. The Labute approximate surface area is 86.1 Å². The fourth-order valence-electron chi connectivity index (χ4n) is 0.700. The SMILES string of the molecule is CNC(C)C(=O)NC(C)(C)C(C)(C)O. The minimum atomic E-state index is -0.948. The van der Waals surface area contributed by atoms with Gasteiger partial charge in [0.25, 0.3) is 0 Å². The Balaban J connectivity index is 4.45. The molecule has 0 aromatic heterocycles. The standard InChI is InChI=1S/C10H22N2O2/c1-7(11-6)8(13)12-9(2,3)10(4,5)14/h7,11,14H,1-6H3,(H,12,13). The van der Waals surface area contributed by atoms with Gasteiger partial charge in [0.2, 0.25) is 5.91 Å². The number of aliphatic hydroxyl groups is 1. The number of hydrogen-bond acceptors (Lipinski definition) is 3. The van der Waals surface area contributed by atoms with E-state index in [9.17, 15) is 9.90 Å². The number of carbonyl (C=O) groups is 1. The van der Waals surface area contributed by atoms with Crippen molar-refractivity contribution in [2.45, 2.75) is 51.8 Å². The summed E-state index contributed by atoms with van der Waals surface area (Å²) in [6, 6.07) is -0.253. The first-order valence-electron chi connectivity index (χ1n) is 4.83. The monoisotopic (exact) mass is 202 g/mol. The highest BCUT2D eigenvalue weighted by molar-refractivity contribution is 5.82. The molecule has 0 aliphatic carbocycles. The predicted octanol–water partition coefficient (Wildman–Crippen LogP) is 0.260. The second kappa shape index (κ2) is 4.28. The Morgan fingerprint density at radius 3 is 2.00 bits per heavy atom. The van der Waals surface area contributed by atoms with Gasteiger partial charge in [-0.25, -0.2) is 0 Å². The Bertz CT molecular complexity index is 207. The van der Waals surface area contributed by atoms with Gasteiger partial charge in [0.05, 0.1) is 17.2 Å². The maximum absolute atomic E-state index is 11.6. The van der Waals surface area contributed by atoms with Gasteiger partial charge in [-0.15, -0.1) is 0 Å². The fraction of sp³-hybridized carbons (Fsp3) is 0.900. The first-order chi connectivity index (χ1) is 6.12. The Kier molecular flexibility index (Phi) is 4.09. The lowest BCUT2D eigenvalue weighted by Gasteiger charge is -2.38. The van der Waals surface area contributed by atoms with Crippen molar-refractivity contribution >= 4 is 5.91 Å². The molecular formula is C10H22N2O2. The van der Waals surface area contributed by atoms with Gasteiger partial charge in [0.15, 0.2) is 0 Å². The van der Waals surface area contributed by atoms with E-state index in [1.54, 1.807) is 41.7 Å². The molecule has 1 amide bonds. The Hall–Kier alpha value is -0.610. The number of rotatable bonds is 4. The van der Waals surface area contributed by atoms with Crippen LogP contribution in [0.25, 0.3) is 0 Å². The van der Waals surface area contributed by atoms with E-state index in [4.69, 9.17) is 0 Å². The van der Waals surface area contributed by atoms with Gasteiger partial charge in [-0.2, -0.15) is 0 Å². The smallest absolute Gasteiger partial charge is 0.237 e. The summed E-state index contributed by atoms with van der Waals surface area (Å²) in [6.07, 6.45) is 0. The number of amides is 1. The van der Waals surface area contributed by atoms with Gasteiger partial charge in [-0.05, 0) is 41.7 Å². The van der Waals surface area contributed by atoms with Crippen molar-refractivity contribution < 1.29 is 9.90 Å². The van der Waals surface area contributed by atoms with E-state index in [-0.39, 0.29) is 11.9 Å². The third-order valence-electron chi connectivity index (χ3n) is 2.79. The van der Waals surface area contributed by atoms with Crippen molar-refractivity contribution in [3.63, 3.8) is 0 Å². The summed E-state index contributed by atoms with van der Waals surface area (Å²) >= 11 is 0. The number of nitrogens with one attached hydrogen (secondary N) is 2. The average molecular weight is 202 g/mol.